The van der Waals surface area contributed by atoms with Crippen LogP contribution in [0.2, 0.25) is 0 Å². The first-order valence-corrected chi connectivity index (χ1v) is 8.15. The molecule has 0 bridgehead atoms. The molecule has 0 aromatic heterocycles. The zero-order chi connectivity index (χ0) is 16.0. The van der Waals surface area contributed by atoms with Crippen molar-refractivity contribution in [3.05, 3.63) is 24.3 Å². The van der Waals surface area contributed by atoms with Gasteiger partial charge in [0.05, 0.1) is 18.8 Å². The van der Waals surface area contributed by atoms with Crippen molar-refractivity contribution in [2.45, 2.75) is 42.0 Å². The van der Waals surface area contributed by atoms with Crippen LogP contribution < -0.4 is 10.6 Å². The normalized spacial score (nSPS) is 16.0. The number of carbonyl (C=O) groups is 1. The van der Waals surface area contributed by atoms with Crippen molar-refractivity contribution in [3.8, 4) is 0 Å². The first kappa shape index (κ1) is 17.1. The molecule has 0 spiro atoms. The second kappa shape index (κ2) is 7.87. The van der Waals surface area contributed by atoms with Gasteiger partial charge in [-0.25, -0.2) is 0 Å². The van der Waals surface area contributed by atoms with Gasteiger partial charge in [0.25, 0.3) is 0 Å². The van der Waals surface area contributed by atoms with E-state index >= 15 is 0 Å². The van der Waals surface area contributed by atoms with Crippen molar-refractivity contribution >= 4 is 23.4 Å². The molecule has 0 heterocycles. The predicted molar refractivity (Wildman–Crippen MR) is 82.1 cm³/mol. The minimum absolute atomic E-state index is 0.359. The number of halogens is 3. The van der Waals surface area contributed by atoms with E-state index in [0.29, 0.717) is 10.9 Å². The Balaban J connectivity index is 1.87. The molecule has 2 N–H and O–H groups in total. The Kier molecular flexibility index (Phi) is 6.14. The Morgan fingerprint density at radius 1 is 1.23 bits per heavy atom. The van der Waals surface area contributed by atoms with Crippen molar-refractivity contribution in [2.75, 3.05) is 18.4 Å². The fourth-order valence-corrected chi connectivity index (χ4v) is 3.70. The molecule has 22 heavy (non-hydrogen) atoms. The van der Waals surface area contributed by atoms with Gasteiger partial charge in [0.1, 0.15) is 0 Å². The zero-order valence-electron chi connectivity index (χ0n) is 12.1. The first-order chi connectivity index (χ1) is 10.4. The number of thioether (sulfide) groups is 1. The Morgan fingerprint density at radius 3 is 2.59 bits per heavy atom. The molecule has 0 atom stereocenters. The Morgan fingerprint density at radius 2 is 1.91 bits per heavy atom. The second-order valence-electron chi connectivity index (χ2n) is 5.29. The molecular weight excluding hydrogens is 313 g/mol. The van der Waals surface area contributed by atoms with Gasteiger partial charge in [-0.1, -0.05) is 25.0 Å². The highest BCUT2D eigenvalue weighted by Gasteiger charge is 2.26. The summed E-state index contributed by atoms with van der Waals surface area (Å²) >= 11 is 1.73. The van der Waals surface area contributed by atoms with Crippen molar-refractivity contribution in [1.29, 1.82) is 0 Å². The lowest BCUT2D eigenvalue weighted by Gasteiger charge is -2.14. The number of carbonyl (C=O) groups excluding carboxylic acids is 1. The summed E-state index contributed by atoms with van der Waals surface area (Å²) in [5.41, 5.74) is 0.665. The molecule has 1 fully saturated rings. The van der Waals surface area contributed by atoms with E-state index in [0.717, 1.165) is 4.90 Å². The Hall–Kier alpha value is -1.21. The number of nitrogens with one attached hydrogen (secondary N) is 2. The van der Waals surface area contributed by atoms with Crippen molar-refractivity contribution in [3.63, 3.8) is 0 Å². The van der Waals surface area contributed by atoms with Gasteiger partial charge < -0.3 is 10.6 Å². The van der Waals surface area contributed by atoms with Crippen LogP contribution in [0.4, 0.5) is 18.9 Å². The van der Waals surface area contributed by atoms with E-state index in [1.54, 1.807) is 23.9 Å². The van der Waals surface area contributed by atoms with Gasteiger partial charge in [-0.2, -0.15) is 13.2 Å². The van der Waals surface area contributed by atoms with Crippen molar-refractivity contribution < 1.29 is 18.0 Å². The van der Waals surface area contributed by atoms with Crippen molar-refractivity contribution in [1.82, 2.24) is 5.32 Å². The average molecular weight is 332 g/mol. The van der Waals surface area contributed by atoms with E-state index in [1.807, 2.05) is 12.1 Å². The molecule has 7 heteroatoms. The molecule has 1 aliphatic carbocycles. The van der Waals surface area contributed by atoms with E-state index in [-0.39, 0.29) is 6.54 Å². The van der Waals surface area contributed by atoms with Crippen LogP contribution in [0.15, 0.2) is 29.2 Å². The van der Waals surface area contributed by atoms with Crippen LogP contribution in [-0.4, -0.2) is 30.4 Å². The summed E-state index contributed by atoms with van der Waals surface area (Å²) < 4.78 is 36.1. The van der Waals surface area contributed by atoms with Gasteiger partial charge >= 0.3 is 6.18 Å². The standard InChI is InChI=1S/C15H19F3N2OS/c16-15(17,18)10-19-9-14(21)20-12-7-3-4-8-13(12)22-11-5-1-2-6-11/h3-4,7-8,11,19H,1-2,5-6,9-10H2,(H,20,21). The minimum atomic E-state index is -4.31. The predicted octanol–water partition coefficient (Wildman–Crippen LogP) is 3.81. The summed E-state index contributed by atoms with van der Waals surface area (Å²) in [6, 6.07) is 7.41. The third-order valence-corrected chi connectivity index (χ3v) is 4.78. The van der Waals surface area contributed by atoms with Crippen molar-refractivity contribution in [2.24, 2.45) is 0 Å². The van der Waals surface area contributed by atoms with Crippen LogP contribution in [-0.2, 0) is 4.79 Å². The van der Waals surface area contributed by atoms with Gasteiger partial charge in [0, 0.05) is 10.1 Å². The van der Waals surface area contributed by atoms with Gasteiger partial charge in [-0.3, -0.25) is 4.79 Å². The maximum atomic E-state index is 12.0. The van der Waals surface area contributed by atoms with Gasteiger partial charge in [0.15, 0.2) is 0 Å². The lowest BCUT2D eigenvalue weighted by atomic mass is 10.3. The maximum absolute atomic E-state index is 12.0. The second-order valence-corrected chi connectivity index (χ2v) is 6.63. The summed E-state index contributed by atoms with van der Waals surface area (Å²) in [6.07, 6.45) is 0.484. The molecule has 3 nitrogen and oxygen atoms in total. The Bertz CT molecular complexity index is 502. The lowest BCUT2D eigenvalue weighted by molar-refractivity contribution is -0.126. The van der Waals surface area contributed by atoms with Gasteiger partial charge in [-0.15, -0.1) is 11.8 Å². The summed E-state index contributed by atoms with van der Waals surface area (Å²) in [7, 11) is 0. The maximum Gasteiger partial charge on any atom is 0.401 e. The highest BCUT2D eigenvalue weighted by Crippen LogP contribution is 2.37. The van der Waals surface area contributed by atoms with E-state index in [1.165, 1.54) is 25.7 Å². The average Bonchev–Trinajstić information content (AvgIpc) is 2.92. The molecule has 122 valence electrons. The molecule has 1 aromatic rings. The number of benzene rings is 1. The summed E-state index contributed by atoms with van der Waals surface area (Å²) in [4.78, 5) is 12.7. The Labute approximate surface area is 132 Å². The number of hydrogen-bond acceptors (Lipinski definition) is 3. The zero-order valence-corrected chi connectivity index (χ0v) is 12.9. The molecule has 1 amide bonds. The van der Waals surface area contributed by atoms with Crippen LogP contribution in [0.5, 0.6) is 0 Å². The molecule has 0 unspecified atom stereocenters. The van der Waals surface area contributed by atoms with Crippen LogP contribution in [0.3, 0.4) is 0 Å². The number of rotatable bonds is 6. The molecule has 0 aliphatic heterocycles. The van der Waals surface area contributed by atoms with Crippen LogP contribution in [0.25, 0.3) is 0 Å². The minimum Gasteiger partial charge on any atom is -0.324 e. The number of hydrogen-bond donors (Lipinski definition) is 2. The summed E-state index contributed by atoms with van der Waals surface area (Å²) in [5.74, 6) is -0.469. The fraction of sp³-hybridized carbons (Fsp3) is 0.533. The summed E-state index contributed by atoms with van der Waals surface area (Å²) in [6.45, 7) is -1.53. The largest absolute Gasteiger partial charge is 0.401 e. The van der Waals surface area contributed by atoms with Gasteiger partial charge in [0.2, 0.25) is 5.91 Å². The quantitative estimate of drug-likeness (QED) is 0.832. The molecule has 1 saturated carbocycles. The van der Waals surface area contributed by atoms with E-state index in [9.17, 15) is 18.0 Å². The third-order valence-electron chi connectivity index (χ3n) is 3.37. The molecule has 0 saturated heterocycles. The van der Waals surface area contributed by atoms with Gasteiger partial charge in [-0.05, 0) is 25.0 Å². The lowest BCUT2D eigenvalue weighted by Crippen LogP contribution is -2.35. The van der Waals surface area contributed by atoms with Crippen LogP contribution in [0, 0.1) is 0 Å². The summed E-state index contributed by atoms with van der Waals surface area (Å²) in [5, 5.41) is 5.33. The SMILES string of the molecule is O=C(CNCC(F)(F)F)Nc1ccccc1SC1CCCC1. The van der Waals surface area contributed by atoms with E-state index in [4.69, 9.17) is 0 Å². The molecule has 2 rings (SSSR count). The highest BCUT2D eigenvalue weighted by molar-refractivity contribution is 8.00. The number of para-hydroxylation sites is 1. The van der Waals surface area contributed by atoms with E-state index in [2.05, 4.69) is 10.6 Å². The fourth-order valence-electron chi connectivity index (χ4n) is 2.37. The molecular formula is C15H19F3N2OS. The molecule has 1 aromatic carbocycles. The smallest absolute Gasteiger partial charge is 0.324 e. The van der Waals surface area contributed by atoms with E-state index < -0.39 is 18.6 Å². The molecule has 1 aliphatic rings. The van der Waals surface area contributed by atoms with Crippen LogP contribution in [0.1, 0.15) is 25.7 Å². The first-order valence-electron chi connectivity index (χ1n) is 7.27. The number of alkyl halides is 3. The van der Waals surface area contributed by atoms with Crippen LogP contribution >= 0.6 is 11.8 Å². The third kappa shape index (κ3) is 5.88. The molecule has 0 radical (unpaired) electrons. The topological polar surface area (TPSA) is 41.1 Å². The number of anilines is 1. The highest BCUT2D eigenvalue weighted by atomic mass is 32.2. The monoisotopic (exact) mass is 332 g/mol. The number of amides is 1.